The second kappa shape index (κ2) is 8.13. The molecule has 1 fully saturated rings. The summed E-state index contributed by atoms with van der Waals surface area (Å²) in [6.45, 7) is 4.70. The molecule has 5 heteroatoms. The summed E-state index contributed by atoms with van der Waals surface area (Å²) in [6, 6.07) is 14.0. The number of hydrogen-bond donors (Lipinski definition) is 0. The van der Waals surface area contributed by atoms with Crippen LogP contribution in [0.2, 0.25) is 0 Å². The Morgan fingerprint density at radius 3 is 2.71 bits per heavy atom. The fraction of sp³-hybridized carbons (Fsp3) is 0.421. The first-order valence-electron chi connectivity index (χ1n) is 8.39. The van der Waals surface area contributed by atoms with Crippen molar-refractivity contribution in [1.82, 2.24) is 9.80 Å². The van der Waals surface area contributed by atoms with E-state index in [-0.39, 0.29) is 5.91 Å². The molecule has 1 aromatic heterocycles. The Labute approximate surface area is 142 Å². The number of carbonyl (C=O) groups is 1. The summed E-state index contributed by atoms with van der Waals surface area (Å²) in [4.78, 5) is 16.9. The molecule has 1 aliphatic rings. The molecule has 0 spiro atoms. The number of nitrogens with zero attached hydrogens (tertiary/aromatic N) is 2. The van der Waals surface area contributed by atoms with Crippen molar-refractivity contribution in [1.29, 1.82) is 0 Å². The van der Waals surface area contributed by atoms with Gasteiger partial charge in [-0.15, -0.1) is 0 Å². The van der Waals surface area contributed by atoms with E-state index in [4.69, 9.17) is 9.15 Å². The normalized spacial score (nSPS) is 16.1. The van der Waals surface area contributed by atoms with Gasteiger partial charge in [0.2, 0.25) is 0 Å². The minimum absolute atomic E-state index is 0.0288. The molecule has 0 saturated carbocycles. The van der Waals surface area contributed by atoms with Crippen molar-refractivity contribution >= 4 is 5.91 Å². The maximum atomic E-state index is 12.6. The Kier molecular flexibility index (Phi) is 5.67. The molecule has 0 atom stereocenters. The van der Waals surface area contributed by atoms with Gasteiger partial charge >= 0.3 is 0 Å². The summed E-state index contributed by atoms with van der Waals surface area (Å²) < 4.78 is 10.6. The van der Waals surface area contributed by atoms with Crippen molar-refractivity contribution in [2.45, 2.75) is 19.6 Å². The van der Waals surface area contributed by atoms with Gasteiger partial charge in [0.15, 0.2) is 5.76 Å². The van der Waals surface area contributed by atoms with Gasteiger partial charge in [0.05, 0.1) is 0 Å². The fourth-order valence-electron chi connectivity index (χ4n) is 3.04. The Hall–Kier alpha value is -2.11. The third-order valence-corrected chi connectivity index (χ3v) is 4.28. The zero-order valence-corrected chi connectivity index (χ0v) is 14.1. The highest BCUT2D eigenvalue weighted by Gasteiger charge is 2.22. The van der Waals surface area contributed by atoms with Crippen molar-refractivity contribution < 1.29 is 13.9 Å². The summed E-state index contributed by atoms with van der Waals surface area (Å²) in [5, 5.41) is 0. The van der Waals surface area contributed by atoms with Gasteiger partial charge in [0.1, 0.15) is 12.4 Å². The van der Waals surface area contributed by atoms with Crippen molar-refractivity contribution in [2.75, 3.05) is 33.3 Å². The molecule has 1 saturated heterocycles. The number of ether oxygens (including phenoxy) is 1. The first kappa shape index (κ1) is 16.7. The topological polar surface area (TPSA) is 45.9 Å². The number of rotatable bonds is 5. The van der Waals surface area contributed by atoms with Crippen molar-refractivity contribution in [3.63, 3.8) is 0 Å². The van der Waals surface area contributed by atoms with E-state index in [0.717, 1.165) is 39.1 Å². The largest absolute Gasteiger partial charge is 0.453 e. The van der Waals surface area contributed by atoms with Gasteiger partial charge in [-0.1, -0.05) is 30.3 Å². The van der Waals surface area contributed by atoms with Crippen LogP contribution in [0.1, 0.15) is 28.3 Å². The molecule has 3 rings (SSSR count). The number of furan rings is 1. The van der Waals surface area contributed by atoms with Crippen LogP contribution in [0.25, 0.3) is 0 Å². The van der Waals surface area contributed by atoms with Gasteiger partial charge in [-0.05, 0) is 24.1 Å². The quantitative estimate of drug-likeness (QED) is 0.847. The molecule has 1 aromatic carbocycles. The lowest BCUT2D eigenvalue weighted by Crippen LogP contribution is -2.34. The lowest BCUT2D eigenvalue weighted by molar-refractivity contribution is 0.0721. The number of hydrogen-bond acceptors (Lipinski definition) is 4. The summed E-state index contributed by atoms with van der Waals surface area (Å²) in [5.41, 5.74) is 1.31. The second-order valence-electron chi connectivity index (χ2n) is 6.11. The minimum atomic E-state index is -0.0288. The van der Waals surface area contributed by atoms with Crippen LogP contribution < -0.4 is 0 Å². The van der Waals surface area contributed by atoms with E-state index in [2.05, 4.69) is 29.2 Å². The van der Waals surface area contributed by atoms with Gasteiger partial charge < -0.3 is 14.1 Å². The van der Waals surface area contributed by atoms with E-state index in [1.807, 2.05) is 11.0 Å². The average Bonchev–Trinajstić information content (AvgIpc) is 2.94. The molecule has 24 heavy (non-hydrogen) atoms. The Balaban J connectivity index is 1.57. The molecule has 0 bridgehead atoms. The van der Waals surface area contributed by atoms with Gasteiger partial charge in [-0.2, -0.15) is 0 Å². The Morgan fingerprint density at radius 1 is 1.08 bits per heavy atom. The van der Waals surface area contributed by atoms with Crippen LogP contribution in [0, 0.1) is 0 Å². The molecule has 0 unspecified atom stereocenters. The molecule has 2 aromatic rings. The number of methoxy groups -OCH3 is 1. The van der Waals surface area contributed by atoms with Crippen molar-refractivity contribution in [3.8, 4) is 0 Å². The van der Waals surface area contributed by atoms with Crippen LogP contribution in [0.4, 0.5) is 0 Å². The summed E-state index contributed by atoms with van der Waals surface area (Å²) in [7, 11) is 1.61. The highest BCUT2D eigenvalue weighted by molar-refractivity contribution is 5.91. The first-order valence-corrected chi connectivity index (χ1v) is 8.39. The lowest BCUT2D eigenvalue weighted by atomic mass is 10.2. The molecular formula is C19H24N2O3. The standard InChI is InChI=1S/C19H24N2O3/c1-23-15-17-8-9-18(24-17)19(22)21-11-5-10-20(12-13-21)14-16-6-3-2-4-7-16/h2-4,6-9H,5,10-15H2,1H3. The second-order valence-corrected chi connectivity index (χ2v) is 6.11. The maximum absolute atomic E-state index is 12.6. The van der Waals surface area contributed by atoms with Crippen LogP contribution in [-0.4, -0.2) is 49.0 Å². The molecule has 0 aliphatic carbocycles. The predicted octanol–water partition coefficient (Wildman–Crippen LogP) is 2.77. The Morgan fingerprint density at radius 2 is 1.92 bits per heavy atom. The summed E-state index contributed by atoms with van der Waals surface area (Å²) in [6.07, 6.45) is 0.976. The van der Waals surface area contributed by atoms with Crippen molar-refractivity contribution in [2.24, 2.45) is 0 Å². The van der Waals surface area contributed by atoms with Gasteiger partial charge in [-0.25, -0.2) is 0 Å². The van der Waals surface area contributed by atoms with E-state index in [0.29, 0.717) is 18.1 Å². The number of benzene rings is 1. The van der Waals surface area contributed by atoms with Crippen LogP contribution >= 0.6 is 0 Å². The third kappa shape index (κ3) is 4.24. The highest BCUT2D eigenvalue weighted by atomic mass is 16.5. The monoisotopic (exact) mass is 328 g/mol. The van der Waals surface area contributed by atoms with Crippen LogP contribution in [-0.2, 0) is 17.9 Å². The predicted molar refractivity (Wildman–Crippen MR) is 91.7 cm³/mol. The van der Waals surface area contributed by atoms with Crippen LogP contribution in [0.3, 0.4) is 0 Å². The molecule has 1 aliphatic heterocycles. The molecule has 1 amide bonds. The van der Waals surface area contributed by atoms with Crippen molar-refractivity contribution in [3.05, 3.63) is 59.5 Å². The molecule has 2 heterocycles. The summed E-state index contributed by atoms with van der Waals surface area (Å²) >= 11 is 0. The van der Waals surface area contributed by atoms with Crippen LogP contribution in [0.5, 0.6) is 0 Å². The minimum Gasteiger partial charge on any atom is -0.453 e. The van der Waals surface area contributed by atoms with Crippen LogP contribution in [0.15, 0.2) is 46.9 Å². The number of amides is 1. The van der Waals surface area contributed by atoms with E-state index in [9.17, 15) is 4.79 Å². The lowest BCUT2D eigenvalue weighted by Gasteiger charge is -2.21. The number of carbonyl (C=O) groups excluding carboxylic acids is 1. The zero-order chi connectivity index (χ0) is 16.8. The third-order valence-electron chi connectivity index (χ3n) is 4.28. The van der Waals surface area contributed by atoms with E-state index in [1.54, 1.807) is 19.2 Å². The van der Waals surface area contributed by atoms with E-state index >= 15 is 0 Å². The van der Waals surface area contributed by atoms with E-state index < -0.39 is 0 Å². The average molecular weight is 328 g/mol. The molecular weight excluding hydrogens is 304 g/mol. The maximum Gasteiger partial charge on any atom is 0.289 e. The highest BCUT2D eigenvalue weighted by Crippen LogP contribution is 2.14. The molecule has 0 N–H and O–H groups in total. The van der Waals surface area contributed by atoms with E-state index in [1.165, 1.54) is 5.56 Å². The van der Waals surface area contributed by atoms with Gasteiger partial charge in [0, 0.05) is 39.8 Å². The Bertz CT molecular complexity index is 654. The van der Waals surface area contributed by atoms with Gasteiger partial charge in [0.25, 0.3) is 5.91 Å². The summed E-state index contributed by atoms with van der Waals surface area (Å²) in [5.74, 6) is 1.05. The SMILES string of the molecule is COCc1ccc(C(=O)N2CCCN(Cc3ccccc3)CC2)o1. The smallest absolute Gasteiger partial charge is 0.289 e. The van der Waals surface area contributed by atoms with Gasteiger partial charge in [-0.3, -0.25) is 9.69 Å². The molecule has 128 valence electrons. The molecule has 5 nitrogen and oxygen atoms in total. The fourth-order valence-corrected chi connectivity index (χ4v) is 3.04. The first-order chi connectivity index (χ1) is 11.8. The zero-order valence-electron chi connectivity index (χ0n) is 14.1. The molecule has 0 radical (unpaired) electrons.